The highest BCUT2D eigenvalue weighted by Crippen LogP contribution is 2.33. The summed E-state index contributed by atoms with van der Waals surface area (Å²) < 4.78 is 5.86. The third-order valence-corrected chi connectivity index (χ3v) is 5.00. The third kappa shape index (κ3) is 2.48. The number of Topliss-reactive ketones (excluding diaryl/α,β-unsaturated/α-hetero) is 1. The number of ketones is 1. The second kappa shape index (κ2) is 4.93. The molecule has 1 saturated carbocycles. The van der Waals surface area contributed by atoms with Gasteiger partial charge in [0.1, 0.15) is 5.78 Å². The van der Waals surface area contributed by atoms with E-state index >= 15 is 0 Å². The molecule has 2 saturated heterocycles. The van der Waals surface area contributed by atoms with Crippen LogP contribution in [-0.4, -0.2) is 42.5 Å². The van der Waals surface area contributed by atoms with Crippen molar-refractivity contribution < 1.29 is 9.53 Å². The summed E-state index contributed by atoms with van der Waals surface area (Å²) in [7, 11) is 0. The smallest absolute Gasteiger partial charge is 0.137 e. The average molecular weight is 251 g/mol. The molecule has 0 amide bonds. The van der Waals surface area contributed by atoms with Gasteiger partial charge >= 0.3 is 0 Å². The van der Waals surface area contributed by atoms with Gasteiger partial charge in [-0.2, -0.15) is 0 Å². The average Bonchev–Trinajstić information content (AvgIpc) is 2.63. The highest BCUT2D eigenvalue weighted by molar-refractivity contribution is 5.82. The fraction of sp³-hybridized carbons (Fsp3) is 0.933. The van der Waals surface area contributed by atoms with E-state index in [9.17, 15) is 4.79 Å². The van der Waals surface area contributed by atoms with Crippen molar-refractivity contribution in [3.8, 4) is 0 Å². The minimum Gasteiger partial charge on any atom is -0.372 e. The first-order valence-electron chi connectivity index (χ1n) is 7.52. The lowest BCUT2D eigenvalue weighted by Crippen LogP contribution is -2.47. The Bertz CT molecular complexity index is 318. The maximum atomic E-state index is 12.2. The normalized spacial score (nSPS) is 45.4. The Hall–Kier alpha value is -0.410. The molecule has 102 valence electrons. The topological polar surface area (TPSA) is 29.5 Å². The highest BCUT2D eigenvalue weighted by atomic mass is 16.5. The lowest BCUT2D eigenvalue weighted by atomic mass is 9.74. The second-order valence-corrected chi connectivity index (χ2v) is 6.77. The Morgan fingerprint density at radius 1 is 1.22 bits per heavy atom. The van der Waals surface area contributed by atoms with E-state index in [4.69, 9.17) is 4.74 Å². The third-order valence-electron chi connectivity index (χ3n) is 5.00. The van der Waals surface area contributed by atoms with Crippen LogP contribution in [0.15, 0.2) is 0 Å². The summed E-state index contributed by atoms with van der Waals surface area (Å²) in [6, 6.07) is 0. The van der Waals surface area contributed by atoms with Crippen LogP contribution in [0.25, 0.3) is 0 Å². The van der Waals surface area contributed by atoms with Crippen LogP contribution >= 0.6 is 0 Å². The molecule has 3 nitrogen and oxygen atoms in total. The molecular weight excluding hydrogens is 226 g/mol. The molecular formula is C15H25NO2. The van der Waals surface area contributed by atoms with Crippen molar-refractivity contribution in [2.45, 2.75) is 51.7 Å². The molecule has 5 unspecified atom stereocenters. The summed E-state index contributed by atoms with van der Waals surface area (Å²) >= 11 is 0. The van der Waals surface area contributed by atoms with Crippen LogP contribution in [-0.2, 0) is 9.53 Å². The summed E-state index contributed by atoms with van der Waals surface area (Å²) in [5.74, 6) is 1.92. The van der Waals surface area contributed by atoms with Gasteiger partial charge in [-0.3, -0.25) is 9.69 Å². The van der Waals surface area contributed by atoms with Crippen molar-refractivity contribution in [1.29, 1.82) is 0 Å². The lowest BCUT2D eigenvalue weighted by molar-refractivity contribution is -0.130. The summed E-state index contributed by atoms with van der Waals surface area (Å²) in [6.07, 6.45) is 5.33. The minimum absolute atomic E-state index is 0.277. The molecule has 2 aliphatic heterocycles. The molecule has 0 aromatic rings. The summed E-state index contributed by atoms with van der Waals surface area (Å²) in [6.45, 7) is 7.53. The van der Waals surface area contributed by atoms with Crippen molar-refractivity contribution in [1.82, 2.24) is 4.90 Å². The zero-order valence-electron chi connectivity index (χ0n) is 11.6. The van der Waals surface area contributed by atoms with Gasteiger partial charge in [0.15, 0.2) is 0 Å². The van der Waals surface area contributed by atoms with Crippen molar-refractivity contribution in [2.24, 2.45) is 17.8 Å². The standard InChI is InChI=1S/C15H25NO2/c1-10-5-11(2)14(15(17)6-10)9-16-7-12-3-4-13(8-16)18-12/h10-14H,3-9H2,1-2H3. The van der Waals surface area contributed by atoms with E-state index in [1.165, 1.54) is 19.3 Å². The van der Waals surface area contributed by atoms with Crippen LogP contribution < -0.4 is 0 Å². The molecule has 3 rings (SSSR count). The predicted octanol–water partition coefficient (Wildman–Crippen LogP) is 2.10. The fourth-order valence-electron chi connectivity index (χ4n) is 4.10. The summed E-state index contributed by atoms with van der Waals surface area (Å²) in [4.78, 5) is 14.7. The van der Waals surface area contributed by atoms with E-state index in [1.807, 2.05) is 0 Å². The van der Waals surface area contributed by atoms with Gasteiger partial charge < -0.3 is 4.74 Å². The molecule has 5 atom stereocenters. The Kier molecular flexibility index (Phi) is 3.46. The largest absolute Gasteiger partial charge is 0.372 e. The molecule has 2 bridgehead atoms. The van der Waals surface area contributed by atoms with Gasteiger partial charge in [0.05, 0.1) is 12.2 Å². The minimum atomic E-state index is 0.277. The molecule has 0 aromatic carbocycles. The molecule has 0 aromatic heterocycles. The first-order chi connectivity index (χ1) is 8.61. The van der Waals surface area contributed by atoms with Gasteiger partial charge in [-0.05, 0) is 31.1 Å². The van der Waals surface area contributed by atoms with E-state index in [0.29, 0.717) is 29.8 Å². The fourth-order valence-corrected chi connectivity index (χ4v) is 4.10. The Morgan fingerprint density at radius 3 is 2.50 bits per heavy atom. The van der Waals surface area contributed by atoms with Gasteiger partial charge in [-0.25, -0.2) is 0 Å². The zero-order chi connectivity index (χ0) is 12.7. The van der Waals surface area contributed by atoms with Crippen molar-refractivity contribution in [3.63, 3.8) is 0 Å². The molecule has 3 fully saturated rings. The van der Waals surface area contributed by atoms with E-state index in [-0.39, 0.29) is 5.92 Å². The van der Waals surface area contributed by atoms with Gasteiger partial charge in [-0.15, -0.1) is 0 Å². The molecule has 0 spiro atoms. The van der Waals surface area contributed by atoms with Crippen LogP contribution in [0.4, 0.5) is 0 Å². The van der Waals surface area contributed by atoms with Gasteiger partial charge in [0.25, 0.3) is 0 Å². The number of carbonyl (C=O) groups excluding carboxylic acids is 1. The van der Waals surface area contributed by atoms with Crippen LogP contribution in [0, 0.1) is 17.8 Å². The number of nitrogens with zero attached hydrogens (tertiary/aromatic N) is 1. The number of fused-ring (bicyclic) bond motifs is 2. The number of carbonyl (C=O) groups is 1. The predicted molar refractivity (Wildman–Crippen MR) is 70.4 cm³/mol. The number of hydrogen-bond donors (Lipinski definition) is 0. The Balaban J connectivity index is 1.60. The molecule has 0 radical (unpaired) electrons. The van der Waals surface area contributed by atoms with Crippen LogP contribution in [0.2, 0.25) is 0 Å². The second-order valence-electron chi connectivity index (χ2n) is 6.77. The number of hydrogen-bond acceptors (Lipinski definition) is 3. The number of likely N-dealkylation sites (tertiary alicyclic amines) is 1. The quantitative estimate of drug-likeness (QED) is 0.753. The first kappa shape index (κ1) is 12.6. The number of morpholine rings is 1. The number of rotatable bonds is 2. The van der Waals surface area contributed by atoms with E-state index in [1.54, 1.807) is 0 Å². The van der Waals surface area contributed by atoms with E-state index < -0.39 is 0 Å². The van der Waals surface area contributed by atoms with Crippen molar-refractivity contribution >= 4 is 5.78 Å². The Morgan fingerprint density at radius 2 is 1.89 bits per heavy atom. The van der Waals surface area contributed by atoms with E-state index in [0.717, 1.165) is 26.1 Å². The SMILES string of the molecule is CC1CC(=O)C(CN2CC3CCC(C2)O3)C(C)C1. The monoisotopic (exact) mass is 251 g/mol. The van der Waals surface area contributed by atoms with Gasteiger partial charge in [0.2, 0.25) is 0 Å². The zero-order valence-corrected chi connectivity index (χ0v) is 11.6. The van der Waals surface area contributed by atoms with Crippen LogP contribution in [0.1, 0.15) is 39.5 Å². The molecule has 0 N–H and O–H groups in total. The first-order valence-corrected chi connectivity index (χ1v) is 7.52. The summed E-state index contributed by atoms with van der Waals surface area (Å²) in [5, 5.41) is 0. The van der Waals surface area contributed by atoms with Crippen molar-refractivity contribution in [3.05, 3.63) is 0 Å². The molecule has 2 heterocycles. The lowest BCUT2D eigenvalue weighted by Gasteiger charge is -2.38. The molecule has 1 aliphatic carbocycles. The maximum absolute atomic E-state index is 12.2. The molecule has 3 aliphatic rings. The van der Waals surface area contributed by atoms with Crippen LogP contribution in [0.3, 0.4) is 0 Å². The molecule has 3 heteroatoms. The highest BCUT2D eigenvalue weighted by Gasteiger charge is 2.38. The maximum Gasteiger partial charge on any atom is 0.137 e. The Labute approximate surface area is 110 Å². The summed E-state index contributed by atoms with van der Waals surface area (Å²) in [5.41, 5.74) is 0. The van der Waals surface area contributed by atoms with E-state index in [2.05, 4.69) is 18.7 Å². The van der Waals surface area contributed by atoms with Crippen LogP contribution in [0.5, 0.6) is 0 Å². The molecule has 18 heavy (non-hydrogen) atoms. The van der Waals surface area contributed by atoms with Gasteiger partial charge in [-0.1, -0.05) is 13.8 Å². The van der Waals surface area contributed by atoms with Gasteiger partial charge in [0, 0.05) is 32.0 Å². The van der Waals surface area contributed by atoms with Crippen molar-refractivity contribution in [2.75, 3.05) is 19.6 Å². The number of ether oxygens (including phenoxy) is 1.